The lowest BCUT2D eigenvalue weighted by atomic mass is 10.1. The van der Waals surface area contributed by atoms with E-state index in [1.165, 1.54) is 18.2 Å². The second kappa shape index (κ2) is 7.75. The van der Waals surface area contributed by atoms with Crippen molar-refractivity contribution in [3.8, 4) is 0 Å². The van der Waals surface area contributed by atoms with E-state index in [0.29, 0.717) is 0 Å². The molecule has 0 saturated carbocycles. The number of rotatable bonds is 3. The fraction of sp³-hybridized carbons (Fsp3) is 0.529. The van der Waals surface area contributed by atoms with Crippen molar-refractivity contribution in [2.45, 2.75) is 51.2 Å². The molecule has 3 atom stereocenters. The first-order valence-corrected chi connectivity index (χ1v) is 8.49. The number of benzene rings is 1. The quantitative estimate of drug-likeness (QED) is 0.831. The van der Waals surface area contributed by atoms with Crippen LogP contribution in [0.2, 0.25) is 5.02 Å². The molecule has 26 heavy (non-hydrogen) atoms. The zero-order chi connectivity index (χ0) is 19.6. The molecule has 2 amide bonds. The zero-order valence-electron chi connectivity index (χ0n) is 14.8. The third-order valence-electron chi connectivity index (χ3n) is 3.84. The molecule has 1 aromatic carbocycles. The molecule has 144 valence electrons. The van der Waals surface area contributed by atoms with Gasteiger partial charge in [-0.25, -0.2) is 13.6 Å². The molecule has 0 aromatic heterocycles. The Balaban J connectivity index is 2.11. The molecular weight excluding hydrogens is 368 g/mol. The number of nitrogens with zero attached hydrogens (tertiary/aromatic N) is 1. The summed E-state index contributed by atoms with van der Waals surface area (Å²) in [6, 6.07) is 1.90. The maximum atomic E-state index is 14.4. The van der Waals surface area contributed by atoms with Gasteiger partial charge in [0, 0.05) is 18.7 Å². The monoisotopic (exact) mass is 389 g/mol. The summed E-state index contributed by atoms with van der Waals surface area (Å²) >= 11 is 5.69. The van der Waals surface area contributed by atoms with Crippen molar-refractivity contribution in [2.75, 3.05) is 6.54 Å². The van der Waals surface area contributed by atoms with Crippen LogP contribution in [0.1, 0.15) is 26.3 Å². The number of hydrogen-bond acceptors (Lipinski definition) is 4. The first-order chi connectivity index (χ1) is 12.0. The van der Waals surface area contributed by atoms with Gasteiger partial charge in [0.2, 0.25) is 5.91 Å². The van der Waals surface area contributed by atoms with Gasteiger partial charge in [0.25, 0.3) is 0 Å². The van der Waals surface area contributed by atoms with Gasteiger partial charge in [0.1, 0.15) is 23.6 Å². The molecule has 1 unspecified atom stereocenters. The minimum Gasteiger partial charge on any atom is -0.444 e. The van der Waals surface area contributed by atoms with Crippen LogP contribution in [0, 0.1) is 5.82 Å². The molecule has 3 N–H and O–H groups in total. The van der Waals surface area contributed by atoms with Gasteiger partial charge in [0.15, 0.2) is 0 Å². The number of halogens is 3. The van der Waals surface area contributed by atoms with Gasteiger partial charge in [-0.2, -0.15) is 0 Å². The van der Waals surface area contributed by atoms with Crippen molar-refractivity contribution in [2.24, 2.45) is 5.73 Å². The van der Waals surface area contributed by atoms with Crippen molar-refractivity contribution in [1.82, 2.24) is 10.2 Å². The minimum absolute atomic E-state index is 0.0848. The van der Waals surface area contributed by atoms with Crippen molar-refractivity contribution in [3.05, 3.63) is 34.6 Å². The average molecular weight is 390 g/mol. The normalized spacial score (nSPS) is 23.0. The van der Waals surface area contributed by atoms with E-state index in [9.17, 15) is 18.4 Å². The molecule has 9 heteroatoms. The molecule has 1 aromatic rings. The standard InChI is InChI=1S/C17H22ClF2N3O3/c1-17(2,3)26-16(25)23-8-11(21)13(20)14(23)15(24)22-7-9-5-4-6-10(18)12(9)19/h4-6,11,13-14H,7-8,21H2,1-3H3,(H,22,24)/t11-,13+,14?/m1/s1. The van der Waals surface area contributed by atoms with E-state index >= 15 is 0 Å². The Morgan fingerprint density at radius 1 is 1.42 bits per heavy atom. The van der Waals surface area contributed by atoms with Crippen LogP contribution < -0.4 is 11.1 Å². The Hall–Kier alpha value is -1.93. The molecule has 0 bridgehead atoms. The Kier molecular flexibility index (Phi) is 6.08. The van der Waals surface area contributed by atoms with Crippen LogP contribution in [0.5, 0.6) is 0 Å². The van der Waals surface area contributed by atoms with Crippen LogP contribution in [-0.4, -0.2) is 47.3 Å². The highest BCUT2D eigenvalue weighted by Gasteiger charge is 2.48. The first-order valence-electron chi connectivity index (χ1n) is 8.11. The topological polar surface area (TPSA) is 84.7 Å². The summed E-state index contributed by atoms with van der Waals surface area (Å²) < 4.78 is 33.5. The van der Waals surface area contributed by atoms with Gasteiger partial charge in [-0.05, 0) is 26.8 Å². The van der Waals surface area contributed by atoms with Crippen molar-refractivity contribution < 1.29 is 23.1 Å². The predicted octanol–water partition coefficient (Wildman–Crippen LogP) is 2.38. The molecule has 1 saturated heterocycles. The van der Waals surface area contributed by atoms with E-state index in [4.69, 9.17) is 22.1 Å². The highest BCUT2D eigenvalue weighted by molar-refractivity contribution is 6.30. The molecule has 1 aliphatic rings. The summed E-state index contributed by atoms with van der Waals surface area (Å²) in [5, 5.41) is 2.34. The largest absolute Gasteiger partial charge is 0.444 e. The summed E-state index contributed by atoms with van der Waals surface area (Å²) in [5.41, 5.74) is 5.01. The molecule has 1 heterocycles. The van der Waals surface area contributed by atoms with Crippen LogP contribution in [0.3, 0.4) is 0 Å². The molecule has 1 aliphatic heterocycles. The molecule has 0 radical (unpaired) electrons. The number of hydrogen-bond donors (Lipinski definition) is 2. The number of amides is 2. The number of nitrogens with two attached hydrogens (primary N) is 1. The minimum atomic E-state index is -1.76. The predicted molar refractivity (Wildman–Crippen MR) is 92.9 cm³/mol. The van der Waals surface area contributed by atoms with Crippen molar-refractivity contribution >= 4 is 23.6 Å². The number of nitrogens with one attached hydrogen (secondary N) is 1. The number of carbonyl (C=O) groups excluding carboxylic acids is 2. The van der Waals surface area contributed by atoms with Crippen LogP contribution >= 0.6 is 11.6 Å². The van der Waals surface area contributed by atoms with E-state index in [-0.39, 0.29) is 23.7 Å². The molecule has 6 nitrogen and oxygen atoms in total. The summed E-state index contributed by atoms with van der Waals surface area (Å²) in [6.07, 6.45) is -2.59. The number of likely N-dealkylation sites (tertiary alicyclic amines) is 1. The van der Waals surface area contributed by atoms with E-state index in [1.54, 1.807) is 20.8 Å². The van der Waals surface area contributed by atoms with Crippen LogP contribution in [0.4, 0.5) is 13.6 Å². The number of carbonyl (C=O) groups is 2. The molecular formula is C17H22ClF2N3O3. The molecule has 0 aliphatic carbocycles. The van der Waals surface area contributed by atoms with E-state index in [1.807, 2.05) is 0 Å². The molecule has 1 fully saturated rings. The van der Waals surface area contributed by atoms with Gasteiger partial charge in [0.05, 0.1) is 11.1 Å². The van der Waals surface area contributed by atoms with Crippen LogP contribution in [0.15, 0.2) is 18.2 Å². The summed E-state index contributed by atoms with van der Waals surface area (Å²) in [5.74, 6) is -1.45. The highest BCUT2D eigenvalue weighted by Crippen LogP contribution is 2.24. The third kappa shape index (κ3) is 4.62. The SMILES string of the molecule is CC(C)(C)OC(=O)N1C[C@@H](N)[C@H](F)C1C(=O)NCc1cccc(Cl)c1F. The number of ether oxygens (including phenoxy) is 1. The molecule has 0 spiro atoms. The van der Waals surface area contributed by atoms with Crippen molar-refractivity contribution in [1.29, 1.82) is 0 Å². The Morgan fingerprint density at radius 2 is 2.08 bits per heavy atom. The maximum Gasteiger partial charge on any atom is 0.411 e. The Labute approximate surface area is 155 Å². The van der Waals surface area contributed by atoms with E-state index in [0.717, 1.165) is 4.90 Å². The Bertz CT molecular complexity index is 696. The third-order valence-corrected chi connectivity index (χ3v) is 4.13. The average Bonchev–Trinajstić information content (AvgIpc) is 2.83. The van der Waals surface area contributed by atoms with Crippen molar-refractivity contribution in [3.63, 3.8) is 0 Å². The molecule has 2 rings (SSSR count). The Morgan fingerprint density at radius 3 is 2.69 bits per heavy atom. The second-order valence-corrected chi connectivity index (χ2v) is 7.52. The lowest BCUT2D eigenvalue weighted by Gasteiger charge is -2.28. The zero-order valence-corrected chi connectivity index (χ0v) is 15.5. The summed E-state index contributed by atoms with van der Waals surface area (Å²) in [4.78, 5) is 25.7. The fourth-order valence-corrected chi connectivity index (χ4v) is 2.81. The smallest absolute Gasteiger partial charge is 0.411 e. The van der Waals surface area contributed by atoms with Gasteiger partial charge in [-0.1, -0.05) is 23.7 Å². The lowest BCUT2D eigenvalue weighted by Crippen LogP contribution is -2.50. The number of alkyl halides is 1. The lowest BCUT2D eigenvalue weighted by molar-refractivity contribution is -0.127. The van der Waals surface area contributed by atoms with Gasteiger partial charge >= 0.3 is 6.09 Å². The van der Waals surface area contributed by atoms with Crippen LogP contribution in [0.25, 0.3) is 0 Å². The van der Waals surface area contributed by atoms with Crippen LogP contribution in [-0.2, 0) is 16.1 Å². The fourth-order valence-electron chi connectivity index (χ4n) is 2.61. The maximum absolute atomic E-state index is 14.4. The van der Waals surface area contributed by atoms with E-state index < -0.39 is 41.7 Å². The first kappa shape index (κ1) is 20.4. The summed E-state index contributed by atoms with van der Waals surface area (Å²) in [7, 11) is 0. The van der Waals surface area contributed by atoms with E-state index in [2.05, 4.69) is 5.32 Å². The second-order valence-electron chi connectivity index (χ2n) is 7.12. The highest BCUT2D eigenvalue weighted by atomic mass is 35.5. The van der Waals surface area contributed by atoms with Gasteiger partial charge in [-0.15, -0.1) is 0 Å². The summed E-state index contributed by atoms with van der Waals surface area (Å²) in [6.45, 7) is 4.62. The van der Waals surface area contributed by atoms with Gasteiger partial charge in [-0.3, -0.25) is 9.69 Å². The van der Waals surface area contributed by atoms with Gasteiger partial charge < -0.3 is 15.8 Å².